The van der Waals surface area contributed by atoms with Gasteiger partial charge in [0.05, 0.1) is 0 Å². The number of rotatable bonds is 5. The summed E-state index contributed by atoms with van der Waals surface area (Å²) in [5.41, 5.74) is -0.0516. The fourth-order valence-electron chi connectivity index (χ4n) is 3.79. The SMILES string of the molecule is C[C@]1(N=O)Cc2ccccc2C(CC(=O)c2ccccc2)[C@@]1(C)N=O. The van der Waals surface area contributed by atoms with Crippen LogP contribution in [0.1, 0.15) is 47.7 Å². The van der Waals surface area contributed by atoms with E-state index >= 15 is 0 Å². The molecule has 5 heteroatoms. The molecule has 0 aliphatic heterocycles. The van der Waals surface area contributed by atoms with E-state index in [1.807, 2.05) is 30.3 Å². The Morgan fingerprint density at radius 3 is 2.28 bits per heavy atom. The van der Waals surface area contributed by atoms with Crippen LogP contribution in [0, 0.1) is 9.81 Å². The predicted molar refractivity (Wildman–Crippen MR) is 96.7 cm³/mol. The first-order valence-electron chi connectivity index (χ1n) is 8.30. The van der Waals surface area contributed by atoms with Gasteiger partial charge in [0, 0.05) is 24.3 Å². The van der Waals surface area contributed by atoms with Gasteiger partial charge < -0.3 is 0 Å². The molecule has 2 aromatic carbocycles. The topological polar surface area (TPSA) is 75.9 Å². The van der Waals surface area contributed by atoms with Gasteiger partial charge in [0.1, 0.15) is 11.1 Å². The zero-order valence-corrected chi connectivity index (χ0v) is 14.3. The molecule has 0 heterocycles. The first-order chi connectivity index (χ1) is 11.9. The van der Waals surface area contributed by atoms with Crippen LogP contribution in [0.2, 0.25) is 0 Å². The maximum absolute atomic E-state index is 12.8. The van der Waals surface area contributed by atoms with Crippen LogP contribution in [0.15, 0.2) is 65.0 Å². The van der Waals surface area contributed by atoms with Crippen molar-refractivity contribution in [2.75, 3.05) is 0 Å². The summed E-state index contributed by atoms with van der Waals surface area (Å²) in [5.74, 6) is -0.573. The Bertz CT molecular complexity index is 821. The molecule has 5 nitrogen and oxygen atoms in total. The summed E-state index contributed by atoms with van der Waals surface area (Å²) >= 11 is 0. The van der Waals surface area contributed by atoms with Crippen LogP contribution < -0.4 is 0 Å². The van der Waals surface area contributed by atoms with Crippen molar-refractivity contribution in [3.05, 3.63) is 81.1 Å². The normalized spacial score (nSPS) is 28.0. The van der Waals surface area contributed by atoms with E-state index in [0.29, 0.717) is 12.0 Å². The Morgan fingerprint density at radius 1 is 1.00 bits per heavy atom. The van der Waals surface area contributed by atoms with Crippen molar-refractivity contribution in [3.8, 4) is 0 Å². The minimum Gasteiger partial charge on any atom is -0.294 e. The summed E-state index contributed by atoms with van der Waals surface area (Å²) in [4.78, 5) is 36.2. The largest absolute Gasteiger partial charge is 0.294 e. The minimum atomic E-state index is -1.28. The molecule has 0 radical (unpaired) electrons. The molecule has 0 amide bonds. The highest BCUT2D eigenvalue weighted by atomic mass is 16.3. The second kappa shape index (κ2) is 6.31. The van der Waals surface area contributed by atoms with E-state index in [1.165, 1.54) is 0 Å². The van der Waals surface area contributed by atoms with Gasteiger partial charge in [-0.05, 0) is 25.0 Å². The average Bonchev–Trinajstić information content (AvgIpc) is 2.65. The summed E-state index contributed by atoms with van der Waals surface area (Å²) < 4.78 is 0. The Balaban J connectivity index is 2.09. The van der Waals surface area contributed by atoms with E-state index in [2.05, 4.69) is 10.4 Å². The Morgan fingerprint density at radius 2 is 1.64 bits per heavy atom. The highest BCUT2D eigenvalue weighted by Crippen LogP contribution is 2.50. The van der Waals surface area contributed by atoms with E-state index in [1.54, 1.807) is 38.1 Å². The van der Waals surface area contributed by atoms with Crippen LogP contribution in [0.5, 0.6) is 0 Å². The summed E-state index contributed by atoms with van der Waals surface area (Å²) in [6, 6.07) is 16.5. The van der Waals surface area contributed by atoms with Gasteiger partial charge in [-0.3, -0.25) is 4.79 Å². The lowest BCUT2D eigenvalue weighted by Crippen LogP contribution is -2.55. The smallest absolute Gasteiger partial charge is 0.163 e. The molecular formula is C20H20N2O3. The number of hydrogen-bond acceptors (Lipinski definition) is 5. The predicted octanol–water partition coefficient (Wildman–Crippen LogP) is 4.65. The second-order valence-electron chi connectivity index (χ2n) is 7.03. The van der Waals surface area contributed by atoms with Crippen LogP contribution in [0.25, 0.3) is 0 Å². The number of fused-ring (bicyclic) bond motifs is 1. The highest BCUT2D eigenvalue weighted by molar-refractivity contribution is 5.96. The van der Waals surface area contributed by atoms with Gasteiger partial charge in [0.15, 0.2) is 5.78 Å². The third-order valence-electron chi connectivity index (χ3n) is 5.61. The van der Waals surface area contributed by atoms with Gasteiger partial charge in [-0.15, -0.1) is 0 Å². The first-order valence-corrected chi connectivity index (χ1v) is 8.30. The molecule has 2 aromatic rings. The second-order valence-corrected chi connectivity index (χ2v) is 7.03. The molecule has 0 N–H and O–H groups in total. The maximum Gasteiger partial charge on any atom is 0.163 e. The van der Waals surface area contributed by atoms with Crippen molar-refractivity contribution < 1.29 is 4.79 Å². The number of Topliss-reactive ketones (excluding diaryl/α,β-unsaturated/α-hetero) is 1. The number of carbonyl (C=O) groups excluding carboxylic acids is 1. The molecule has 0 spiro atoms. The molecule has 0 aromatic heterocycles. The van der Waals surface area contributed by atoms with Gasteiger partial charge in [-0.2, -0.15) is 9.81 Å². The zero-order valence-electron chi connectivity index (χ0n) is 14.3. The Hall–Kier alpha value is -2.69. The van der Waals surface area contributed by atoms with Crippen molar-refractivity contribution in [1.29, 1.82) is 0 Å². The molecule has 1 unspecified atom stereocenters. The van der Waals surface area contributed by atoms with Gasteiger partial charge in [-0.25, -0.2) is 0 Å². The summed E-state index contributed by atoms with van der Waals surface area (Å²) in [7, 11) is 0. The van der Waals surface area contributed by atoms with Crippen LogP contribution in [-0.4, -0.2) is 16.9 Å². The number of hydrogen-bond donors (Lipinski definition) is 0. The van der Waals surface area contributed by atoms with E-state index in [9.17, 15) is 14.6 Å². The molecule has 25 heavy (non-hydrogen) atoms. The highest BCUT2D eigenvalue weighted by Gasteiger charge is 2.57. The van der Waals surface area contributed by atoms with Crippen LogP contribution in [0.3, 0.4) is 0 Å². The Kier molecular flexibility index (Phi) is 4.33. The van der Waals surface area contributed by atoms with Crippen molar-refractivity contribution >= 4 is 5.78 Å². The lowest BCUT2D eigenvalue weighted by atomic mass is 9.60. The molecule has 0 fully saturated rings. The molecule has 3 rings (SSSR count). The monoisotopic (exact) mass is 336 g/mol. The van der Waals surface area contributed by atoms with Gasteiger partial charge >= 0.3 is 0 Å². The molecule has 0 bridgehead atoms. The first kappa shape index (κ1) is 17.1. The average molecular weight is 336 g/mol. The molecule has 1 aliphatic carbocycles. The van der Waals surface area contributed by atoms with Crippen molar-refractivity contribution in [2.45, 2.75) is 43.7 Å². The molecule has 0 saturated carbocycles. The molecule has 0 saturated heterocycles. The van der Waals surface area contributed by atoms with Crippen LogP contribution in [-0.2, 0) is 6.42 Å². The molecule has 1 aliphatic rings. The van der Waals surface area contributed by atoms with Crippen LogP contribution in [0.4, 0.5) is 0 Å². The number of nitrogens with zero attached hydrogens (tertiary/aromatic N) is 2. The maximum atomic E-state index is 12.8. The number of benzene rings is 2. The zero-order chi connectivity index (χ0) is 18.1. The lowest BCUT2D eigenvalue weighted by molar-refractivity contribution is 0.0935. The standard InChI is InChI=1S/C20H20N2O3/c1-19(21-24)13-15-10-6-7-11-16(15)17(20(19,2)22-25)12-18(23)14-8-4-3-5-9-14/h3-11,17H,12-13H2,1-2H3/t17?,19-,20+/m0/s1. The summed E-state index contributed by atoms with van der Waals surface area (Å²) in [5, 5.41) is 6.61. The van der Waals surface area contributed by atoms with Crippen molar-refractivity contribution in [3.63, 3.8) is 0 Å². The van der Waals surface area contributed by atoms with E-state index < -0.39 is 17.0 Å². The number of nitroso groups, excluding NO2 is 2. The van der Waals surface area contributed by atoms with Crippen molar-refractivity contribution in [2.24, 2.45) is 10.4 Å². The quantitative estimate of drug-likeness (QED) is 0.589. The van der Waals surface area contributed by atoms with Crippen molar-refractivity contribution in [1.82, 2.24) is 0 Å². The van der Waals surface area contributed by atoms with E-state index in [0.717, 1.165) is 11.1 Å². The number of ketones is 1. The molecule has 128 valence electrons. The molecule has 3 atom stereocenters. The van der Waals surface area contributed by atoms with Gasteiger partial charge in [0.2, 0.25) is 0 Å². The van der Waals surface area contributed by atoms with E-state index in [-0.39, 0.29) is 12.2 Å². The lowest BCUT2D eigenvalue weighted by Gasteiger charge is -2.46. The number of carbonyl (C=O) groups is 1. The van der Waals surface area contributed by atoms with Gasteiger partial charge in [0.25, 0.3) is 0 Å². The van der Waals surface area contributed by atoms with E-state index in [4.69, 9.17) is 0 Å². The summed E-state index contributed by atoms with van der Waals surface area (Å²) in [6.07, 6.45) is 0.444. The Labute approximate surface area is 146 Å². The third-order valence-corrected chi connectivity index (χ3v) is 5.61. The molecular weight excluding hydrogens is 316 g/mol. The summed E-state index contributed by atoms with van der Waals surface area (Å²) in [6.45, 7) is 3.29. The third kappa shape index (κ3) is 2.69. The van der Waals surface area contributed by atoms with Gasteiger partial charge in [-0.1, -0.05) is 65.0 Å². The fraction of sp³-hybridized carbons (Fsp3) is 0.350. The fourth-order valence-corrected chi connectivity index (χ4v) is 3.79. The van der Waals surface area contributed by atoms with Crippen LogP contribution >= 0.6 is 0 Å². The minimum absolute atomic E-state index is 0.0783.